The zero-order valence-corrected chi connectivity index (χ0v) is 20.8. The van der Waals surface area contributed by atoms with Gasteiger partial charge in [-0.1, -0.05) is 36.4 Å². The molecule has 0 unspecified atom stereocenters. The van der Waals surface area contributed by atoms with E-state index < -0.39 is 0 Å². The van der Waals surface area contributed by atoms with E-state index in [1.54, 1.807) is 36.4 Å². The van der Waals surface area contributed by atoms with E-state index in [0.717, 1.165) is 51.9 Å². The number of nitrogens with two attached hydrogens (primary N) is 1. The van der Waals surface area contributed by atoms with Crippen molar-refractivity contribution >= 4 is 45.0 Å². The average molecular weight is 493 g/mol. The number of nitriles is 1. The van der Waals surface area contributed by atoms with Gasteiger partial charge in [0.1, 0.15) is 17.6 Å². The molecule has 0 radical (unpaired) electrons. The topological polar surface area (TPSA) is 91.4 Å². The van der Waals surface area contributed by atoms with Crippen molar-refractivity contribution in [2.45, 2.75) is 37.5 Å². The Hall–Kier alpha value is -3.15. The number of thiophene rings is 1. The third-order valence-corrected chi connectivity index (χ3v) is 8.13. The van der Waals surface area contributed by atoms with E-state index in [9.17, 15) is 10.1 Å². The summed E-state index contributed by atoms with van der Waals surface area (Å²) < 4.78 is 7.06. The monoisotopic (exact) mass is 492 g/mol. The predicted molar refractivity (Wildman–Crippen MR) is 140 cm³/mol. The Balaban J connectivity index is 1.65. The average Bonchev–Trinajstić information content (AvgIpc) is 3.22. The maximum atomic E-state index is 11.6. The number of carbonyl (C=O) groups is 1. The third kappa shape index (κ3) is 5.49. The van der Waals surface area contributed by atoms with Gasteiger partial charge in [-0.25, -0.2) is 0 Å². The van der Waals surface area contributed by atoms with Crippen molar-refractivity contribution in [1.82, 2.24) is 5.32 Å². The minimum absolute atomic E-state index is 0.0573. The molecular formula is C26H28N4O2S2. The van der Waals surface area contributed by atoms with Crippen molar-refractivity contribution in [1.29, 1.82) is 5.26 Å². The quantitative estimate of drug-likeness (QED) is 0.316. The van der Waals surface area contributed by atoms with Crippen molar-refractivity contribution in [2.24, 2.45) is 5.73 Å². The molecule has 4 rings (SSSR count). The lowest BCUT2D eigenvalue weighted by Crippen LogP contribution is -2.26. The molecule has 0 fully saturated rings. The number of anilines is 1. The number of esters is 1. The molecule has 34 heavy (non-hydrogen) atoms. The molecule has 0 aliphatic heterocycles. The van der Waals surface area contributed by atoms with Gasteiger partial charge in [0.25, 0.3) is 0 Å². The van der Waals surface area contributed by atoms with E-state index in [2.05, 4.69) is 40.0 Å². The number of nitrogens with one attached hydrogen (secondary N) is 1. The second-order valence-electron chi connectivity index (χ2n) is 8.01. The van der Waals surface area contributed by atoms with E-state index in [1.165, 1.54) is 10.4 Å². The smallest absolute Gasteiger partial charge is 0.325 e. The normalized spacial score (nSPS) is 13.2. The number of aryl methyl sites for hydroxylation is 1. The van der Waals surface area contributed by atoms with Gasteiger partial charge in [-0.15, -0.1) is 11.3 Å². The molecular weight excluding hydrogens is 464 g/mol. The number of benzene rings is 2. The van der Waals surface area contributed by atoms with Gasteiger partial charge in [-0.3, -0.25) is 9.10 Å². The molecule has 3 aromatic rings. The van der Waals surface area contributed by atoms with Crippen LogP contribution >= 0.6 is 23.3 Å². The maximum absolute atomic E-state index is 11.6. The Morgan fingerprint density at radius 3 is 2.88 bits per heavy atom. The van der Waals surface area contributed by atoms with E-state index in [1.807, 2.05) is 18.2 Å². The van der Waals surface area contributed by atoms with Crippen LogP contribution in [0.2, 0.25) is 0 Å². The maximum Gasteiger partial charge on any atom is 0.325 e. The standard InChI is InChI=1S/C26H28N4O2S2/c1-2-32-25(31)16-29-15-19(28)17-30(26-22(14-27)21-11-5-6-12-23(21)33-26)34-24-13-7-9-18-8-3-4-10-20(18)24/h3-4,7-10,13,15,29H,2,5-6,11-12,16-17,28H2,1H3/b19-15-. The van der Waals surface area contributed by atoms with Crippen LogP contribution in [0.1, 0.15) is 35.8 Å². The van der Waals surface area contributed by atoms with Gasteiger partial charge in [0.15, 0.2) is 0 Å². The molecule has 1 heterocycles. The van der Waals surface area contributed by atoms with Crippen LogP contribution in [0.15, 0.2) is 59.3 Å². The molecule has 8 heteroatoms. The fraction of sp³-hybridized carbons (Fsp3) is 0.308. The first-order chi connectivity index (χ1) is 16.6. The number of hydrogen-bond donors (Lipinski definition) is 2. The summed E-state index contributed by atoms with van der Waals surface area (Å²) in [5.74, 6) is -0.328. The van der Waals surface area contributed by atoms with Crippen LogP contribution in [0.4, 0.5) is 5.00 Å². The van der Waals surface area contributed by atoms with E-state index in [4.69, 9.17) is 10.5 Å². The highest BCUT2D eigenvalue weighted by Crippen LogP contribution is 2.44. The Morgan fingerprint density at radius 1 is 1.26 bits per heavy atom. The summed E-state index contributed by atoms with van der Waals surface area (Å²) in [7, 11) is 0. The minimum Gasteiger partial charge on any atom is -0.465 e. The van der Waals surface area contributed by atoms with Crippen molar-refractivity contribution < 1.29 is 9.53 Å². The second-order valence-corrected chi connectivity index (χ2v) is 10.2. The van der Waals surface area contributed by atoms with Gasteiger partial charge in [0, 0.05) is 21.7 Å². The highest BCUT2D eigenvalue weighted by Gasteiger charge is 2.25. The molecule has 1 aliphatic rings. The third-order valence-electron chi connectivity index (χ3n) is 5.61. The molecule has 0 saturated heterocycles. The van der Waals surface area contributed by atoms with E-state index >= 15 is 0 Å². The first-order valence-corrected chi connectivity index (χ1v) is 13.0. The first-order valence-electron chi connectivity index (χ1n) is 11.4. The molecule has 2 aromatic carbocycles. The highest BCUT2D eigenvalue weighted by molar-refractivity contribution is 8.01. The van der Waals surface area contributed by atoms with Gasteiger partial charge >= 0.3 is 5.97 Å². The molecule has 0 bridgehead atoms. The summed E-state index contributed by atoms with van der Waals surface area (Å²) in [6.45, 7) is 2.58. The van der Waals surface area contributed by atoms with Gasteiger partial charge < -0.3 is 15.8 Å². The molecule has 1 aliphatic carbocycles. The van der Waals surface area contributed by atoms with Gasteiger partial charge in [-0.2, -0.15) is 5.26 Å². The lowest BCUT2D eigenvalue weighted by Gasteiger charge is -2.23. The molecule has 6 nitrogen and oxygen atoms in total. The summed E-state index contributed by atoms with van der Waals surface area (Å²) in [4.78, 5) is 14.0. The van der Waals surface area contributed by atoms with Crippen LogP contribution in [0.3, 0.4) is 0 Å². The van der Waals surface area contributed by atoms with E-state index in [0.29, 0.717) is 18.8 Å². The van der Waals surface area contributed by atoms with Crippen molar-refractivity contribution in [3.8, 4) is 6.07 Å². The van der Waals surface area contributed by atoms with Crippen LogP contribution < -0.4 is 15.4 Å². The summed E-state index contributed by atoms with van der Waals surface area (Å²) >= 11 is 3.29. The summed E-state index contributed by atoms with van der Waals surface area (Å²) in [5.41, 5.74) is 8.89. The lowest BCUT2D eigenvalue weighted by molar-refractivity contribution is -0.141. The van der Waals surface area contributed by atoms with Crippen LogP contribution in [0.5, 0.6) is 0 Å². The van der Waals surface area contributed by atoms with Crippen molar-refractivity contribution in [3.05, 3.63) is 70.4 Å². The van der Waals surface area contributed by atoms with Gasteiger partial charge in [-0.05, 0) is 67.0 Å². The number of ether oxygens (including phenoxy) is 1. The lowest BCUT2D eigenvalue weighted by atomic mass is 9.96. The molecule has 0 atom stereocenters. The second kappa shape index (κ2) is 11.3. The summed E-state index contributed by atoms with van der Waals surface area (Å²) in [6, 6.07) is 17.0. The largest absolute Gasteiger partial charge is 0.465 e. The first kappa shape index (κ1) is 24.0. The van der Waals surface area contributed by atoms with Gasteiger partial charge in [0.05, 0.1) is 18.7 Å². The molecule has 0 amide bonds. The number of hydrogen-bond acceptors (Lipinski definition) is 8. The van der Waals surface area contributed by atoms with Gasteiger partial charge in [0.2, 0.25) is 0 Å². The zero-order valence-electron chi connectivity index (χ0n) is 19.2. The molecule has 0 spiro atoms. The Bertz CT molecular complexity index is 1240. The highest BCUT2D eigenvalue weighted by atomic mass is 32.2. The van der Waals surface area contributed by atoms with Crippen LogP contribution in [-0.2, 0) is 22.4 Å². The number of fused-ring (bicyclic) bond motifs is 2. The van der Waals surface area contributed by atoms with Crippen molar-refractivity contribution in [2.75, 3.05) is 24.0 Å². The zero-order chi connectivity index (χ0) is 23.9. The van der Waals surface area contributed by atoms with Crippen LogP contribution in [0, 0.1) is 11.3 Å². The fourth-order valence-corrected chi connectivity index (χ4v) is 6.59. The number of nitrogens with zero attached hydrogens (tertiary/aromatic N) is 2. The van der Waals surface area contributed by atoms with Crippen LogP contribution in [-0.4, -0.2) is 25.7 Å². The Labute approximate surface area is 208 Å². The SMILES string of the molecule is CCOC(=O)CN/C=C(\N)CN(Sc1cccc2ccccc12)c1sc2c(c1C#N)CCCC2. The van der Waals surface area contributed by atoms with E-state index in [-0.39, 0.29) is 12.5 Å². The number of carbonyl (C=O) groups excluding carboxylic acids is 1. The summed E-state index contributed by atoms with van der Waals surface area (Å²) in [5, 5.41) is 16.2. The predicted octanol–water partition coefficient (Wildman–Crippen LogP) is 5.12. The van der Waals surface area contributed by atoms with Crippen molar-refractivity contribution in [3.63, 3.8) is 0 Å². The minimum atomic E-state index is -0.328. The molecule has 176 valence electrons. The molecule has 3 N–H and O–H groups in total. The van der Waals surface area contributed by atoms with Crippen LogP contribution in [0.25, 0.3) is 10.8 Å². The molecule has 0 saturated carbocycles. The summed E-state index contributed by atoms with van der Waals surface area (Å²) in [6.07, 6.45) is 5.90. The molecule has 1 aromatic heterocycles. The Kier molecular flexibility index (Phi) is 7.99. The fourth-order valence-electron chi connectivity index (χ4n) is 4.07. The Morgan fingerprint density at radius 2 is 2.06 bits per heavy atom. The number of rotatable bonds is 9.